The number of pyridine rings is 1. The summed E-state index contributed by atoms with van der Waals surface area (Å²) >= 11 is 0. The van der Waals surface area contributed by atoms with Crippen molar-refractivity contribution < 1.29 is 0 Å². The first-order valence-electron chi connectivity index (χ1n) is 5.19. The lowest BCUT2D eigenvalue weighted by atomic mass is 9.91. The Kier molecular flexibility index (Phi) is 2.86. The summed E-state index contributed by atoms with van der Waals surface area (Å²) in [7, 11) is -1.25. The summed E-state index contributed by atoms with van der Waals surface area (Å²) in [6, 6.07) is 4.31. The van der Waals surface area contributed by atoms with E-state index in [-0.39, 0.29) is 5.41 Å². The number of hydrogen-bond donors (Lipinski definition) is 0. The van der Waals surface area contributed by atoms with Gasteiger partial charge in [-0.05, 0) is 11.3 Å². The molecule has 1 aromatic rings. The molecule has 0 aliphatic heterocycles. The van der Waals surface area contributed by atoms with Gasteiger partial charge in [0.2, 0.25) is 0 Å². The number of nitrogens with zero attached hydrogens (tertiary/aromatic N) is 1. The van der Waals surface area contributed by atoms with Gasteiger partial charge in [-0.1, -0.05) is 46.5 Å². The third kappa shape index (κ3) is 2.44. The van der Waals surface area contributed by atoms with Gasteiger partial charge in [0.15, 0.2) is 0 Å². The highest BCUT2D eigenvalue weighted by Gasteiger charge is 2.26. The third-order valence-corrected chi connectivity index (χ3v) is 4.35. The molecule has 0 atom stereocenters. The van der Waals surface area contributed by atoms with Crippen LogP contribution in [0.15, 0.2) is 18.3 Å². The average molecular weight is 207 g/mol. The molecule has 0 amide bonds. The van der Waals surface area contributed by atoms with E-state index in [9.17, 15) is 0 Å². The van der Waals surface area contributed by atoms with E-state index in [1.54, 1.807) is 0 Å². The first-order valence-corrected chi connectivity index (χ1v) is 8.69. The molecule has 1 aromatic heterocycles. The number of hydrogen-bond acceptors (Lipinski definition) is 1. The van der Waals surface area contributed by atoms with Crippen molar-refractivity contribution in [3.63, 3.8) is 0 Å². The van der Waals surface area contributed by atoms with Crippen LogP contribution in [0.4, 0.5) is 0 Å². The van der Waals surface area contributed by atoms with Crippen molar-refractivity contribution in [2.45, 2.75) is 45.8 Å². The minimum Gasteiger partial charge on any atom is -0.261 e. The van der Waals surface area contributed by atoms with Gasteiger partial charge < -0.3 is 0 Å². The maximum Gasteiger partial charge on any atom is 0.0800 e. The van der Waals surface area contributed by atoms with Crippen molar-refractivity contribution in [2.24, 2.45) is 0 Å². The van der Waals surface area contributed by atoms with Crippen molar-refractivity contribution in [3.8, 4) is 0 Å². The van der Waals surface area contributed by atoms with Gasteiger partial charge in [-0.15, -0.1) is 0 Å². The molecule has 0 fully saturated rings. The SMILES string of the molecule is CC(C)(C)c1ncccc1[Si](C)(C)C. The van der Waals surface area contributed by atoms with Gasteiger partial charge in [0, 0.05) is 17.3 Å². The second-order valence-corrected chi connectivity index (χ2v) is 10.9. The standard InChI is InChI=1S/C12H21NSi/c1-12(2,3)11-10(14(4,5)6)8-7-9-13-11/h7-9H,1-6H3. The molecule has 1 heterocycles. The van der Waals surface area contributed by atoms with Crippen LogP contribution in [0.1, 0.15) is 26.5 Å². The van der Waals surface area contributed by atoms with Crippen LogP contribution >= 0.6 is 0 Å². The van der Waals surface area contributed by atoms with Crippen LogP contribution < -0.4 is 5.19 Å². The molecule has 78 valence electrons. The average Bonchev–Trinajstić information content (AvgIpc) is 2.01. The van der Waals surface area contributed by atoms with Crippen LogP contribution in [-0.2, 0) is 5.41 Å². The molecule has 1 rings (SSSR count). The quantitative estimate of drug-likeness (QED) is 0.645. The Balaban J connectivity index is 3.31. The second-order valence-electron chi connectivity index (χ2n) is 5.90. The fourth-order valence-electron chi connectivity index (χ4n) is 1.61. The van der Waals surface area contributed by atoms with E-state index in [1.165, 1.54) is 10.9 Å². The predicted molar refractivity (Wildman–Crippen MR) is 65.9 cm³/mol. The zero-order valence-electron chi connectivity index (χ0n) is 10.2. The molecule has 0 radical (unpaired) electrons. The van der Waals surface area contributed by atoms with Gasteiger partial charge in [0.1, 0.15) is 0 Å². The Morgan fingerprint density at radius 3 is 2.07 bits per heavy atom. The van der Waals surface area contributed by atoms with Crippen molar-refractivity contribution in [2.75, 3.05) is 0 Å². The van der Waals surface area contributed by atoms with Gasteiger partial charge >= 0.3 is 0 Å². The van der Waals surface area contributed by atoms with Crippen LogP contribution in [0.25, 0.3) is 0 Å². The Bertz CT molecular complexity index is 285. The van der Waals surface area contributed by atoms with Crippen LogP contribution in [0.5, 0.6) is 0 Å². The summed E-state index contributed by atoms with van der Waals surface area (Å²) in [5.74, 6) is 0. The zero-order valence-corrected chi connectivity index (χ0v) is 11.2. The fraction of sp³-hybridized carbons (Fsp3) is 0.583. The lowest BCUT2D eigenvalue weighted by Gasteiger charge is -2.27. The summed E-state index contributed by atoms with van der Waals surface area (Å²) in [4.78, 5) is 4.55. The minimum atomic E-state index is -1.25. The van der Waals surface area contributed by atoms with Crippen LogP contribution in [-0.4, -0.2) is 13.1 Å². The van der Waals surface area contributed by atoms with Crippen molar-refractivity contribution in [1.82, 2.24) is 4.98 Å². The number of aromatic nitrogens is 1. The zero-order chi connectivity index (χ0) is 11.0. The first kappa shape index (κ1) is 11.4. The highest BCUT2D eigenvalue weighted by molar-refractivity contribution is 6.89. The molecule has 14 heavy (non-hydrogen) atoms. The molecule has 0 aromatic carbocycles. The Hall–Kier alpha value is -0.633. The highest BCUT2D eigenvalue weighted by atomic mass is 28.3. The molecular formula is C12H21NSi. The molecule has 0 saturated heterocycles. The van der Waals surface area contributed by atoms with E-state index in [0.717, 1.165) is 0 Å². The van der Waals surface area contributed by atoms with Crippen molar-refractivity contribution in [3.05, 3.63) is 24.0 Å². The van der Waals surface area contributed by atoms with E-state index >= 15 is 0 Å². The molecule has 0 saturated carbocycles. The summed E-state index contributed by atoms with van der Waals surface area (Å²) in [5, 5.41) is 1.49. The van der Waals surface area contributed by atoms with Crippen LogP contribution in [0, 0.1) is 0 Å². The molecule has 2 heteroatoms. The summed E-state index contributed by atoms with van der Waals surface area (Å²) < 4.78 is 0. The summed E-state index contributed by atoms with van der Waals surface area (Å²) in [6.45, 7) is 13.8. The number of rotatable bonds is 1. The van der Waals surface area contributed by atoms with Crippen molar-refractivity contribution in [1.29, 1.82) is 0 Å². The normalized spacial score (nSPS) is 13.0. The molecule has 0 spiro atoms. The molecule has 0 unspecified atom stereocenters. The maximum atomic E-state index is 4.55. The van der Waals surface area contributed by atoms with E-state index in [0.29, 0.717) is 0 Å². The van der Waals surface area contributed by atoms with Gasteiger partial charge in [-0.25, -0.2) is 0 Å². The van der Waals surface area contributed by atoms with E-state index in [1.807, 2.05) is 6.20 Å². The van der Waals surface area contributed by atoms with Gasteiger partial charge in [0.25, 0.3) is 0 Å². The van der Waals surface area contributed by atoms with Crippen LogP contribution in [0.3, 0.4) is 0 Å². The molecule has 1 nitrogen and oxygen atoms in total. The lowest BCUT2D eigenvalue weighted by Crippen LogP contribution is -2.43. The highest BCUT2D eigenvalue weighted by Crippen LogP contribution is 2.20. The largest absolute Gasteiger partial charge is 0.261 e. The Morgan fingerprint density at radius 2 is 1.71 bits per heavy atom. The second kappa shape index (κ2) is 3.50. The molecule has 0 bridgehead atoms. The summed E-state index contributed by atoms with van der Waals surface area (Å²) in [6.07, 6.45) is 1.91. The fourth-order valence-corrected chi connectivity index (χ4v) is 3.35. The molecule has 0 N–H and O–H groups in total. The molecule has 0 aliphatic rings. The monoisotopic (exact) mass is 207 g/mol. The van der Waals surface area contributed by atoms with E-state index in [2.05, 4.69) is 57.5 Å². The first-order chi connectivity index (χ1) is 6.23. The molecular weight excluding hydrogens is 186 g/mol. The predicted octanol–water partition coefficient (Wildman–Crippen LogP) is 2.92. The Morgan fingerprint density at radius 1 is 1.14 bits per heavy atom. The van der Waals surface area contributed by atoms with Gasteiger partial charge in [-0.3, -0.25) is 4.98 Å². The van der Waals surface area contributed by atoms with Crippen molar-refractivity contribution >= 4 is 13.3 Å². The van der Waals surface area contributed by atoms with Gasteiger partial charge in [0.05, 0.1) is 8.07 Å². The lowest BCUT2D eigenvalue weighted by molar-refractivity contribution is 0.573. The van der Waals surface area contributed by atoms with Crippen LogP contribution in [0.2, 0.25) is 19.6 Å². The minimum absolute atomic E-state index is 0.164. The van der Waals surface area contributed by atoms with E-state index < -0.39 is 8.07 Å². The smallest absolute Gasteiger partial charge is 0.0800 e. The Labute approximate surface area is 88.6 Å². The van der Waals surface area contributed by atoms with E-state index in [4.69, 9.17) is 0 Å². The maximum absolute atomic E-state index is 4.55. The topological polar surface area (TPSA) is 12.9 Å². The summed E-state index contributed by atoms with van der Waals surface area (Å²) in [5.41, 5.74) is 1.44. The van der Waals surface area contributed by atoms with Gasteiger partial charge in [-0.2, -0.15) is 0 Å². The third-order valence-electron chi connectivity index (χ3n) is 2.33. The molecule has 0 aliphatic carbocycles.